The molecule has 2 N–H and O–H groups in total. The molecule has 3 rings (SSSR count). The summed E-state index contributed by atoms with van der Waals surface area (Å²) in [5.41, 5.74) is 4.21. The zero-order valence-electron chi connectivity index (χ0n) is 19.5. The number of carbonyl (C=O) groups excluding carboxylic acids is 1. The lowest BCUT2D eigenvalue weighted by Crippen LogP contribution is -2.36. The molecule has 0 fully saturated rings. The van der Waals surface area contributed by atoms with Gasteiger partial charge in [0.25, 0.3) is 5.91 Å². The van der Waals surface area contributed by atoms with Crippen molar-refractivity contribution in [1.29, 1.82) is 0 Å². The second-order valence-corrected chi connectivity index (χ2v) is 7.49. The van der Waals surface area contributed by atoms with Gasteiger partial charge in [-0.15, -0.1) is 0 Å². The first-order chi connectivity index (χ1) is 15.9. The Bertz CT molecular complexity index is 1120. The largest absolute Gasteiger partial charge is 0.494 e. The number of carbonyl (C=O) groups is 1. The van der Waals surface area contributed by atoms with Gasteiger partial charge in [0.2, 0.25) is 5.96 Å². The summed E-state index contributed by atoms with van der Waals surface area (Å²) >= 11 is 0. The average Bonchev–Trinajstić information content (AvgIpc) is 3.08. The van der Waals surface area contributed by atoms with Gasteiger partial charge in [-0.25, -0.2) is 4.39 Å². The lowest BCUT2D eigenvalue weighted by atomic mass is 10.1. The molecule has 1 heterocycles. The topological polar surface area (TPSA) is 80.5 Å². The molecular formula is C25H30FN5O2. The molecule has 1 aromatic heterocycles. The van der Waals surface area contributed by atoms with Crippen molar-refractivity contribution in [2.45, 2.75) is 40.7 Å². The summed E-state index contributed by atoms with van der Waals surface area (Å²) in [5.74, 6) is 0.119. The summed E-state index contributed by atoms with van der Waals surface area (Å²) in [7, 11) is 0. The van der Waals surface area contributed by atoms with Gasteiger partial charge in [0, 0.05) is 30.0 Å². The van der Waals surface area contributed by atoms with Crippen LogP contribution in [0.1, 0.15) is 41.2 Å². The standard InChI is InChI=1S/C25H30FN5O2/c1-5-31-18(4)23(17(3)30-31)14-15-27-25(28-21-10-12-22(13-11-21)33-6-2)29-24(32)19-8-7-9-20(26)16-19/h7-13,16H,5-6,14-15H2,1-4H3,(H2,27,28,29,32). The average molecular weight is 452 g/mol. The Labute approximate surface area is 193 Å². The Kier molecular flexibility index (Phi) is 8.18. The first-order valence-electron chi connectivity index (χ1n) is 11.0. The molecule has 8 heteroatoms. The highest BCUT2D eigenvalue weighted by Crippen LogP contribution is 2.16. The number of amides is 1. The van der Waals surface area contributed by atoms with Crippen molar-refractivity contribution in [3.63, 3.8) is 0 Å². The van der Waals surface area contributed by atoms with E-state index in [0.29, 0.717) is 19.6 Å². The molecule has 1 amide bonds. The number of aryl methyl sites for hydroxylation is 2. The van der Waals surface area contributed by atoms with Gasteiger partial charge in [0.15, 0.2) is 0 Å². The van der Waals surface area contributed by atoms with Crippen molar-refractivity contribution in [3.05, 3.63) is 76.9 Å². The minimum Gasteiger partial charge on any atom is -0.494 e. The number of aliphatic imine (C=N–C) groups is 1. The van der Waals surface area contributed by atoms with E-state index in [-0.39, 0.29) is 11.5 Å². The number of nitrogens with one attached hydrogen (secondary N) is 2. The van der Waals surface area contributed by atoms with Gasteiger partial charge in [-0.05, 0) is 82.1 Å². The zero-order chi connectivity index (χ0) is 23.8. The maximum atomic E-state index is 13.6. The van der Waals surface area contributed by atoms with E-state index in [1.165, 1.54) is 18.2 Å². The second-order valence-electron chi connectivity index (χ2n) is 7.49. The number of anilines is 1. The van der Waals surface area contributed by atoms with Gasteiger partial charge in [-0.3, -0.25) is 19.8 Å². The second kappa shape index (κ2) is 11.3. The third kappa shape index (κ3) is 6.41. The molecule has 33 heavy (non-hydrogen) atoms. The van der Waals surface area contributed by atoms with Crippen molar-refractivity contribution >= 4 is 17.6 Å². The smallest absolute Gasteiger partial charge is 0.258 e. The molecule has 0 aliphatic heterocycles. The van der Waals surface area contributed by atoms with Crippen molar-refractivity contribution in [2.75, 3.05) is 18.5 Å². The van der Waals surface area contributed by atoms with Gasteiger partial charge < -0.3 is 10.1 Å². The number of hydrogen-bond acceptors (Lipinski definition) is 4. The highest BCUT2D eigenvalue weighted by Gasteiger charge is 2.12. The van der Waals surface area contributed by atoms with Crippen LogP contribution in [0.4, 0.5) is 10.1 Å². The van der Waals surface area contributed by atoms with E-state index in [0.717, 1.165) is 34.9 Å². The molecule has 0 unspecified atom stereocenters. The monoisotopic (exact) mass is 451 g/mol. The van der Waals surface area contributed by atoms with Gasteiger partial charge in [0.05, 0.1) is 12.3 Å². The molecule has 0 radical (unpaired) electrons. The normalized spacial score (nSPS) is 11.4. The summed E-state index contributed by atoms with van der Waals surface area (Å²) in [6, 6.07) is 12.9. The molecule has 174 valence electrons. The van der Waals surface area contributed by atoms with Crippen LogP contribution in [0.5, 0.6) is 5.75 Å². The lowest BCUT2D eigenvalue weighted by molar-refractivity contribution is 0.0976. The fraction of sp³-hybridized carbons (Fsp3) is 0.320. The molecule has 0 saturated carbocycles. The molecule has 0 bridgehead atoms. The zero-order valence-corrected chi connectivity index (χ0v) is 19.5. The molecule has 0 aliphatic carbocycles. The number of benzene rings is 2. The number of aromatic nitrogens is 2. The third-order valence-corrected chi connectivity index (χ3v) is 5.21. The molecule has 2 aromatic carbocycles. The fourth-order valence-corrected chi connectivity index (χ4v) is 3.54. The quantitative estimate of drug-likeness (QED) is 0.390. The molecule has 0 aliphatic rings. The van der Waals surface area contributed by atoms with Crippen LogP contribution >= 0.6 is 0 Å². The van der Waals surface area contributed by atoms with E-state index >= 15 is 0 Å². The van der Waals surface area contributed by atoms with Gasteiger partial charge in [-0.2, -0.15) is 5.10 Å². The van der Waals surface area contributed by atoms with Crippen LogP contribution in [-0.2, 0) is 13.0 Å². The number of ether oxygens (including phenoxy) is 1. The first-order valence-corrected chi connectivity index (χ1v) is 11.0. The maximum Gasteiger partial charge on any atom is 0.258 e. The molecule has 0 spiro atoms. The number of rotatable bonds is 8. The van der Waals surface area contributed by atoms with E-state index in [9.17, 15) is 9.18 Å². The van der Waals surface area contributed by atoms with Crippen LogP contribution in [0.2, 0.25) is 0 Å². The van der Waals surface area contributed by atoms with Crippen LogP contribution in [0.25, 0.3) is 0 Å². The van der Waals surface area contributed by atoms with Crippen molar-refractivity contribution in [1.82, 2.24) is 15.1 Å². The van der Waals surface area contributed by atoms with Crippen molar-refractivity contribution < 1.29 is 13.9 Å². The lowest BCUT2D eigenvalue weighted by Gasteiger charge is -2.13. The Morgan fingerprint density at radius 2 is 1.91 bits per heavy atom. The predicted octanol–water partition coefficient (Wildman–Crippen LogP) is 4.50. The molecule has 3 aromatic rings. The third-order valence-electron chi connectivity index (χ3n) is 5.21. The number of halogens is 1. The van der Waals surface area contributed by atoms with Crippen LogP contribution in [0.3, 0.4) is 0 Å². The van der Waals surface area contributed by atoms with E-state index in [1.807, 2.05) is 49.7 Å². The Morgan fingerprint density at radius 3 is 2.55 bits per heavy atom. The molecule has 0 atom stereocenters. The summed E-state index contributed by atoms with van der Waals surface area (Å²) in [6.45, 7) is 9.85. The highest BCUT2D eigenvalue weighted by atomic mass is 19.1. The molecular weight excluding hydrogens is 421 g/mol. The predicted molar refractivity (Wildman–Crippen MR) is 128 cm³/mol. The SMILES string of the molecule is CCOc1ccc(NC(=NCCc2c(C)nn(CC)c2C)NC(=O)c2cccc(F)c2)cc1. The Balaban J connectivity index is 1.78. The van der Waals surface area contributed by atoms with Gasteiger partial charge >= 0.3 is 0 Å². The van der Waals surface area contributed by atoms with E-state index in [4.69, 9.17) is 4.74 Å². The fourth-order valence-electron chi connectivity index (χ4n) is 3.54. The number of guanidine groups is 1. The highest BCUT2D eigenvalue weighted by molar-refractivity contribution is 6.09. The van der Waals surface area contributed by atoms with E-state index in [1.54, 1.807) is 6.07 Å². The summed E-state index contributed by atoms with van der Waals surface area (Å²) < 4.78 is 21.0. The summed E-state index contributed by atoms with van der Waals surface area (Å²) in [4.78, 5) is 17.3. The Hall–Kier alpha value is -3.68. The van der Waals surface area contributed by atoms with Crippen molar-refractivity contribution in [2.24, 2.45) is 4.99 Å². The first kappa shape index (κ1) is 24.0. The van der Waals surface area contributed by atoms with Gasteiger partial charge in [-0.1, -0.05) is 6.07 Å². The molecule has 7 nitrogen and oxygen atoms in total. The van der Waals surface area contributed by atoms with Crippen molar-refractivity contribution in [3.8, 4) is 5.75 Å². The van der Waals surface area contributed by atoms with Gasteiger partial charge in [0.1, 0.15) is 11.6 Å². The van der Waals surface area contributed by atoms with Crippen LogP contribution in [0, 0.1) is 19.7 Å². The van der Waals surface area contributed by atoms with Crippen LogP contribution in [-0.4, -0.2) is 34.8 Å². The van der Waals surface area contributed by atoms with Crippen LogP contribution in [0.15, 0.2) is 53.5 Å². The van der Waals surface area contributed by atoms with E-state index < -0.39 is 11.7 Å². The number of nitrogens with zero attached hydrogens (tertiary/aromatic N) is 3. The molecule has 0 saturated heterocycles. The maximum absolute atomic E-state index is 13.6. The van der Waals surface area contributed by atoms with Crippen LogP contribution < -0.4 is 15.4 Å². The minimum atomic E-state index is -0.473. The van der Waals surface area contributed by atoms with E-state index in [2.05, 4.69) is 27.6 Å². The minimum absolute atomic E-state index is 0.215. The summed E-state index contributed by atoms with van der Waals surface area (Å²) in [5, 5.41) is 10.5. The number of hydrogen-bond donors (Lipinski definition) is 2. The summed E-state index contributed by atoms with van der Waals surface area (Å²) in [6.07, 6.45) is 0.683. The Morgan fingerprint density at radius 1 is 1.15 bits per heavy atom.